The van der Waals surface area contributed by atoms with Crippen molar-refractivity contribution in [3.63, 3.8) is 0 Å². The summed E-state index contributed by atoms with van der Waals surface area (Å²) in [5, 5.41) is 11.4. The lowest BCUT2D eigenvalue weighted by Crippen LogP contribution is -2.32. The molecule has 2 rings (SSSR count). The highest BCUT2D eigenvalue weighted by molar-refractivity contribution is 7.94. The summed E-state index contributed by atoms with van der Waals surface area (Å²) in [4.78, 5) is 14.6. The van der Waals surface area contributed by atoms with Crippen molar-refractivity contribution in [1.82, 2.24) is 14.8 Å². The van der Waals surface area contributed by atoms with E-state index >= 15 is 0 Å². The SMILES string of the molecule is CC(C(=O)O)S(=O)(=O)Nc1cc(Cl)ccc1-n1cncn1. The maximum absolute atomic E-state index is 12.0. The normalized spacial score (nSPS) is 12.9. The monoisotopic (exact) mass is 330 g/mol. The predicted octanol–water partition coefficient (Wildman–Crippen LogP) is 1.14. The fourth-order valence-corrected chi connectivity index (χ4v) is 2.58. The molecule has 1 unspecified atom stereocenters. The van der Waals surface area contributed by atoms with Gasteiger partial charge in [0.1, 0.15) is 12.7 Å². The Kier molecular flexibility index (Phi) is 4.14. The van der Waals surface area contributed by atoms with Crippen molar-refractivity contribution >= 4 is 33.3 Å². The van der Waals surface area contributed by atoms with Crippen molar-refractivity contribution in [2.24, 2.45) is 0 Å². The van der Waals surface area contributed by atoms with Crippen molar-refractivity contribution in [3.8, 4) is 5.69 Å². The molecule has 0 radical (unpaired) electrons. The van der Waals surface area contributed by atoms with Crippen molar-refractivity contribution in [1.29, 1.82) is 0 Å². The van der Waals surface area contributed by atoms with Gasteiger partial charge in [0.2, 0.25) is 10.0 Å². The molecule has 0 saturated carbocycles. The Hall–Kier alpha value is -2.13. The molecule has 1 aromatic carbocycles. The maximum Gasteiger partial charge on any atom is 0.323 e. The fraction of sp³-hybridized carbons (Fsp3) is 0.182. The molecule has 1 aromatic heterocycles. The number of carboxylic acid groups (broad SMARTS) is 1. The molecule has 0 amide bonds. The first-order chi connectivity index (χ1) is 9.81. The number of rotatable bonds is 5. The molecule has 2 aromatic rings. The molecule has 0 fully saturated rings. The fourth-order valence-electron chi connectivity index (χ4n) is 1.50. The number of hydrogen-bond acceptors (Lipinski definition) is 5. The second-order valence-electron chi connectivity index (χ2n) is 4.13. The average Bonchev–Trinajstić information content (AvgIpc) is 2.91. The van der Waals surface area contributed by atoms with Crippen LogP contribution in [0, 0.1) is 0 Å². The summed E-state index contributed by atoms with van der Waals surface area (Å²) in [5.41, 5.74) is 0.485. The molecule has 0 spiro atoms. The van der Waals surface area contributed by atoms with Gasteiger partial charge >= 0.3 is 5.97 Å². The first-order valence-electron chi connectivity index (χ1n) is 5.70. The molecule has 0 aliphatic heterocycles. The first kappa shape index (κ1) is 15.3. The molecule has 2 N–H and O–H groups in total. The number of sulfonamides is 1. The summed E-state index contributed by atoms with van der Waals surface area (Å²) in [6.07, 6.45) is 2.66. The molecule has 112 valence electrons. The molecule has 0 saturated heterocycles. The molecule has 8 nitrogen and oxygen atoms in total. The lowest BCUT2D eigenvalue weighted by Gasteiger charge is -2.14. The van der Waals surface area contributed by atoms with E-state index in [4.69, 9.17) is 16.7 Å². The highest BCUT2D eigenvalue weighted by Crippen LogP contribution is 2.25. The quantitative estimate of drug-likeness (QED) is 0.849. The third kappa shape index (κ3) is 3.31. The van der Waals surface area contributed by atoms with Crippen molar-refractivity contribution in [3.05, 3.63) is 35.9 Å². The number of aromatic nitrogens is 3. The first-order valence-corrected chi connectivity index (χ1v) is 7.62. The van der Waals surface area contributed by atoms with Gasteiger partial charge in [-0.25, -0.2) is 18.1 Å². The molecule has 1 atom stereocenters. The number of benzene rings is 1. The van der Waals surface area contributed by atoms with Crippen LogP contribution in [0.5, 0.6) is 0 Å². The van der Waals surface area contributed by atoms with Crippen molar-refractivity contribution in [2.75, 3.05) is 4.72 Å². The zero-order valence-electron chi connectivity index (χ0n) is 10.8. The predicted molar refractivity (Wildman–Crippen MR) is 76.0 cm³/mol. The summed E-state index contributed by atoms with van der Waals surface area (Å²) < 4.78 is 27.5. The number of nitrogens with one attached hydrogen (secondary N) is 1. The lowest BCUT2D eigenvalue weighted by atomic mass is 10.3. The number of nitrogens with zero attached hydrogens (tertiary/aromatic N) is 3. The van der Waals surface area contributed by atoms with Crippen LogP contribution in [0.25, 0.3) is 5.69 Å². The summed E-state index contributed by atoms with van der Waals surface area (Å²) in [5.74, 6) is -1.45. The highest BCUT2D eigenvalue weighted by atomic mass is 35.5. The summed E-state index contributed by atoms with van der Waals surface area (Å²) in [6, 6.07) is 4.46. The summed E-state index contributed by atoms with van der Waals surface area (Å²) in [7, 11) is -4.11. The van der Waals surface area contributed by atoms with E-state index in [0.29, 0.717) is 10.7 Å². The second-order valence-corrected chi connectivity index (χ2v) is 6.57. The van der Waals surface area contributed by atoms with Gasteiger partial charge in [-0.1, -0.05) is 11.6 Å². The zero-order valence-corrected chi connectivity index (χ0v) is 12.3. The van der Waals surface area contributed by atoms with Crippen molar-refractivity contribution in [2.45, 2.75) is 12.2 Å². The minimum Gasteiger partial charge on any atom is -0.480 e. The van der Waals surface area contributed by atoms with E-state index in [1.807, 2.05) is 0 Å². The number of carbonyl (C=O) groups is 1. The van der Waals surface area contributed by atoms with Gasteiger partial charge in [0.05, 0.1) is 11.4 Å². The number of carboxylic acids is 1. The molecular formula is C11H11ClN4O4S. The maximum atomic E-state index is 12.0. The Morgan fingerprint density at radius 2 is 2.19 bits per heavy atom. The molecule has 0 aliphatic carbocycles. The van der Waals surface area contributed by atoms with Gasteiger partial charge in [-0.15, -0.1) is 0 Å². The van der Waals surface area contributed by atoms with Gasteiger partial charge in [-0.05, 0) is 25.1 Å². The standard InChI is InChI=1S/C11H11ClN4O4S/c1-7(11(17)18)21(19,20)15-9-4-8(12)2-3-10(9)16-6-13-5-14-16/h2-7,15H,1H3,(H,17,18). The molecule has 0 bridgehead atoms. The van der Waals surface area contributed by atoms with Crippen LogP contribution in [-0.2, 0) is 14.8 Å². The van der Waals surface area contributed by atoms with E-state index in [2.05, 4.69) is 14.8 Å². The van der Waals surface area contributed by atoms with E-state index in [0.717, 1.165) is 6.92 Å². The topological polar surface area (TPSA) is 114 Å². The Morgan fingerprint density at radius 3 is 2.76 bits per heavy atom. The minimum absolute atomic E-state index is 0.112. The molecule has 0 aliphatic rings. The molecule has 1 heterocycles. The van der Waals surface area contributed by atoms with E-state index in [1.165, 1.54) is 23.4 Å². The van der Waals surface area contributed by atoms with Gasteiger partial charge in [-0.2, -0.15) is 5.10 Å². The number of anilines is 1. The third-order valence-electron chi connectivity index (χ3n) is 2.69. The number of aliphatic carboxylic acids is 1. The van der Waals surface area contributed by atoms with Crippen LogP contribution in [0.4, 0.5) is 5.69 Å². The van der Waals surface area contributed by atoms with Crippen LogP contribution < -0.4 is 4.72 Å². The number of hydrogen-bond donors (Lipinski definition) is 2. The van der Waals surface area contributed by atoms with Crippen LogP contribution in [0.15, 0.2) is 30.9 Å². The smallest absolute Gasteiger partial charge is 0.323 e. The second kappa shape index (κ2) is 5.70. The van der Waals surface area contributed by atoms with E-state index in [9.17, 15) is 13.2 Å². The van der Waals surface area contributed by atoms with E-state index < -0.39 is 21.2 Å². The van der Waals surface area contributed by atoms with E-state index in [1.54, 1.807) is 12.1 Å². The lowest BCUT2D eigenvalue weighted by molar-refractivity contribution is -0.136. The Balaban J connectivity index is 2.45. The average molecular weight is 331 g/mol. The van der Waals surface area contributed by atoms with Crippen LogP contribution in [0.3, 0.4) is 0 Å². The summed E-state index contributed by atoms with van der Waals surface area (Å²) in [6.45, 7) is 1.07. The van der Waals surface area contributed by atoms with Gasteiger partial charge < -0.3 is 5.11 Å². The van der Waals surface area contributed by atoms with Crippen molar-refractivity contribution < 1.29 is 18.3 Å². The van der Waals surface area contributed by atoms with Gasteiger partial charge in [0.15, 0.2) is 5.25 Å². The molecular weight excluding hydrogens is 320 g/mol. The van der Waals surface area contributed by atoms with Gasteiger partial charge in [0.25, 0.3) is 0 Å². The van der Waals surface area contributed by atoms with Crippen LogP contribution >= 0.6 is 11.6 Å². The van der Waals surface area contributed by atoms with Crippen LogP contribution in [-0.4, -0.2) is 39.5 Å². The Bertz CT molecular complexity index is 761. The molecule has 10 heteroatoms. The minimum atomic E-state index is -4.11. The highest BCUT2D eigenvalue weighted by Gasteiger charge is 2.28. The van der Waals surface area contributed by atoms with Crippen LogP contribution in [0.2, 0.25) is 5.02 Å². The van der Waals surface area contributed by atoms with Gasteiger partial charge in [0, 0.05) is 5.02 Å². The Morgan fingerprint density at radius 1 is 1.48 bits per heavy atom. The third-order valence-corrected chi connectivity index (χ3v) is 4.56. The largest absolute Gasteiger partial charge is 0.480 e. The zero-order chi connectivity index (χ0) is 15.6. The molecule has 21 heavy (non-hydrogen) atoms. The Labute approximate surface area is 125 Å². The summed E-state index contributed by atoms with van der Waals surface area (Å²) >= 11 is 5.85. The number of halogens is 1. The van der Waals surface area contributed by atoms with Gasteiger partial charge in [-0.3, -0.25) is 9.52 Å². The van der Waals surface area contributed by atoms with Crippen LogP contribution in [0.1, 0.15) is 6.92 Å². The van der Waals surface area contributed by atoms with E-state index in [-0.39, 0.29) is 5.69 Å².